The van der Waals surface area contributed by atoms with Gasteiger partial charge in [0.25, 0.3) is 0 Å². The van der Waals surface area contributed by atoms with Crippen LogP contribution >= 0.6 is 11.8 Å². The fraction of sp³-hybridized carbons (Fsp3) is 0.632. The zero-order chi connectivity index (χ0) is 21.2. The Bertz CT molecular complexity index is 704. The number of rotatable bonds is 13. The lowest BCUT2D eigenvalue weighted by molar-refractivity contribution is -0.143. The molecule has 0 fully saturated rings. The molecule has 0 amide bonds. The molecule has 0 saturated carbocycles. The molecule has 1 aromatic rings. The number of carbonyl (C=O) groups is 1. The number of esters is 1. The van der Waals surface area contributed by atoms with Gasteiger partial charge < -0.3 is 14.6 Å². The number of benzene rings is 1. The number of aliphatic hydroxyl groups is 1. The van der Waals surface area contributed by atoms with Crippen LogP contribution in [0.15, 0.2) is 29.2 Å². The lowest BCUT2D eigenvalue weighted by atomic mass is 10.0. The van der Waals surface area contributed by atoms with Gasteiger partial charge in [-0.3, -0.25) is 4.79 Å². The molecular formula is C19H31NO6S2. The quantitative estimate of drug-likeness (QED) is 0.364. The Balaban J connectivity index is 2.95. The van der Waals surface area contributed by atoms with Crippen molar-refractivity contribution in [3.8, 4) is 5.75 Å². The van der Waals surface area contributed by atoms with E-state index in [-0.39, 0.29) is 11.5 Å². The zero-order valence-corrected chi connectivity index (χ0v) is 18.6. The molecule has 0 aliphatic carbocycles. The molecule has 0 bridgehead atoms. The Morgan fingerprint density at radius 1 is 1.25 bits per heavy atom. The number of aliphatic hydroxyl groups excluding tert-OH is 1. The number of sulfonamides is 1. The van der Waals surface area contributed by atoms with Crippen LogP contribution in [0.3, 0.4) is 0 Å². The fourth-order valence-corrected chi connectivity index (χ4v) is 4.87. The predicted octanol–water partition coefficient (Wildman–Crippen LogP) is 2.58. The topological polar surface area (TPSA) is 102 Å². The average Bonchev–Trinajstić information content (AvgIpc) is 2.66. The average molecular weight is 434 g/mol. The molecule has 9 heteroatoms. The summed E-state index contributed by atoms with van der Waals surface area (Å²) in [5.74, 6) is 0.518. The van der Waals surface area contributed by atoms with Crippen molar-refractivity contribution in [2.75, 3.05) is 26.1 Å². The Morgan fingerprint density at radius 2 is 1.89 bits per heavy atom. The van der Waals surface area contributed by atoms with Gasteiger partial charge in [-0.25, -0.2) is 8.42 Å². The summed E-state index contributed by atoms with van der Waals surface area (Å²) < 4.78 is 37.7. The van der Waals surface area contributed by atoms with E-state index in [0.29, 0.717) is 24.5 Å². The van der Waals surface area contributed by atoms with Gasteiger partial charge in [-0.15, -0.1) is 0 Å². The van der Waals surface area contributed by atoms with Crippen molar-refractivity contribution in [3.63, 3.8) is 0 Å². The first-order valence-corrected chi connectivity index (χ1v) is 11.7. The Morgan fingerprint density at radius 3 is 2.43 bits per heavy atom. The highest BCUT2D eigenvalue weighted by molar-refractivity contribution is 8.00. The molecule has 0 heterocycles. The van der Waals surface area contributed by atoms with Crippen LogP contribution in [0.25, 0.3) is 0 Å². The number of methoxy groups -OCH3 is 1. The largest absolute Gasteiger partial charge is 0.494 e. The van der Waals surface area contributed by atoms with Crippen molar-refractivity contribution in [2.24, 2.45) is 0 Å². The van der Waals surface area contributed by atoms with E-state index < -0.39 is 26.8 Å². The normalized spacial score (nSPS) is 13.2. The molecule has 2 N–H and O–H groups in total. The molecule has 1 aromatic carbocycles. The summed E-state index contributed by atoms with van der Waals surface area (Å²) in [5, 5.41) is 8.96. The van der Waals surface area contributed by atoms with Crippen molar-refractivity contribution in [1.29, 1.82) is 0 Å². The number of unbranched alkanes of at least 4 members (excludes halogenated alkanes) is 1. The first kappa shape index (κ1) is 24.7. The molecule has 0 spiro atoms. The van der Waals surface area contributed by atoms with E-state index in [0.717, 1.165) is 12.8 Å². The highest BCUT2D eigenvalue weighted by atomic mass is 32.2. The van der Waals surface area contributed by atoms with Crippen LogP contribution in [-0.4, -0.2) is 56.4 Å². The monoisotopic (exact) mass is 433 g/mol. The molecule has 1 rings (SSSR count). The number of hydrogen-bond acceptors (Lipinski definition) is 7. The van der Waals surface area contributed by atoms with Gasteiger partial charge in [0.15, 0.2) is 0 Å². The molecule has 0 aliphatic rings. The van der Waals surface area contributed by atoms with Gasteiger partial charge in [-0.1, -0.05) is 13.3 Å². The van der Waals surface area contributed by atoms with Crippen molar-refractivity contribution in [1.82, 2.24) is 4.72 Å². The van der Waals surface area contributed by atoms with E-state index in [1.54, 1.807) is 26.0 Å². The lowest BCUT2D eigenvalue weighted by Gasteiger charge is -2.32. The summed E-state index contributed by atoms with van der Waals surface area (Å²) >= 11 is 1.40. The summed E-state index contributed by atoms with van der Waals surface area (Å²) in [5.41, 5.74) is 0. The highest BCUT2D eigenvalue weighted by Crippen LogP contribution is 2.30. The van der Waals surface area contributed by atoms with Gasteiger partial charge in [-0.2, -0.15) is 16.5 Å². The minimum Gasteiger partial charge on any atom is -0.494 e. The Kier molecular flexibility index (Phi) is 10.3. The third-order valence-corrected chi connectivity index (χ3v) is 6.99. The summed E-state index contributed by atoms with van der Waals surface area (Å²) in [6.07, 6.45) is 2.48. The van der Waals surface area contributed by atoms with Crippen LogP contribution in [0, 0.1) is 0 Å². The molecule has 1 atom stereocenters. The van der Waals surface area contributed by atoms with E-state index in [2.05, 4.69) is 11.6 Å². The molecular weight excluding hydrogens is 402 g/mol. The van der Waals surface area contributed by atoms with E-state index in [1.807, 2.05) is 0 Å². The van der Waals surface area contributed by atoms with E-state index in [1.165, 1.54) is 31.0 Å². The predicted molar refractivity (Wildman–Crippen MR) is 111 cm³/mol. The first-order valence-electron chi connectivity index (χ1n) is 9.25. The van der Waals surface area contributed by atoms with Gasteiger partial charge in [-0.05, 0) is 56.7 Å². The van der Waals surface area contributed by atoms with Crippen LogP contribution < -0.4 is 9.46 Å². The second-order valence-corrected chi connectivity index (χ2v) is 10.2. The molecule has 0 radical (unpaired) electrons. The Labute approximate surface area is 172 Å². The van der Waals surface area contributed by atoms with Crippen LogP contribution in [0.4, 0.5) is 0 Å². The zero-order valence-electron chi connectivity index (χ0n) is 16.9. The highest BCUT2D eigenvalue weighted by Gasteiger charge is 2.39. The van der Waals surface area contributed by atoms with E-state index in [9.17, 15) is 13.2 Å². The van der Waals surface area contributed by atoms with Crippen molar-refractivity contribution < 1.29 is 27.8 Å². The van der Waals surface area contributed by atoms with Gasteiger partial charge in [0.1, 0.15) is 11.8 Å². The van der Waals surface area contributed by atoms with Gasteiger partial charge in [0.2, 0.25) is 10.0 Å². The van der Waals surface area contributed by atoms with Gasteiger partial charge in [0, 0.05) is 11.4 Å². The Hall–Kier alpha value is -1.29. The minimum absolute atomic E-state index is 0.0321. The summed E-state index contributed by atoms with van der Waals surface area (Å²) in [7, 11) is -2.72. The molecule has 160 valence electrons. The minimum atomic E-state index is -3.94. The SMILES string of the molecule is CCCCOc1ccc(S(=O)(=O)N[C@@H](C(=O)OC)C(C)(C)SCCCO)cc1. The standard InChI is InChI=1S/C19H31NO6S2/c1-5-6-13-26-15-8-10-16(11-9-15)28(23,24)20-17(18(22)25-4)19(2,3)27-14-7-12-21/h8-11,17,20-21H,5-7,12-14H2,1-4H3/t17-/m0/s1. The summed E-state index contributed by atoms with van der Waals surface area (Å²) in [6, 6.07) is 5.01. The first-order chi connectivity index (χ1) is 13.2. The molecule has 28 heavy (non-hydrogen) atoms. The van der Waals surface area contributed by atoms with Crippen molar-refractivity contribution in [3.05, 3.63) is 24.3 Å². The number of hydrogen-bond donors (Lipinski definition) is 2. The van der Waals surface area contributed by atoms with Gasteiger partial charge >= 0.3 is 5.97 Å². The number of thioether (sulfide) groups is 1. The summed E-state index contributed by atoms with van der Waals surface area (Å²) in [6.45, 7) is 6.20. The van der Waals surface area contributed by atoms with Crippen molar-refractivity contribution >= 4 is 27.8 Å². The van der Waals surface area contributed by atoms with Crippen molar-refractivity contribution in [2.45, 2.75) is 55.7 Å². The molecule has 0 aliphatic heterocycles. The third kappa shape index (κ3) is 7.62. The fourth-order valence-electron chi connectivity index (χ4n) is 2.35. The maximum Gasteiger partial charge on any atom is 0.325 e. The van der Waals surface area contributed by atoms with Gasteiger partial charge in [0.05, 0.1) is 18.6 Å². The summed E-state index contributed by atoms with van der Waals surface area (Å²) in [4.78, 5) is 12.3. The van der Waals surface area contributed by atoms with Crippen LogP contribution in [-0.2, 0) is 19.6 Å². The number of nitrogens with one attached hydrogen (secondary N) is 1. The maximum absolute atomic E-state index is 12.8. The molecule has 0 saturated heterocycles. The smallest absolute Gasteiger partial charge is 0.325 e. The molecule has 7 nitrogen and oxygen atoms in total. The number of carbonyl (C=O) groups excluding carboxylic acids is 1. The number of ether oxygens (including phenoxy) is 2. The molecule has 0 unspecified atom stereocenters. The second-order valence-electron chi connectivity index (χ2n) is 6.78. The van der Waals surface area contributed by atoms with E-state index in [4.69, 9.17) is 14.6 Å². The lowest BCUT2D eigenvalue weighted by Crippen LogP contribution is -2.53. The molecule has 0 aromatic heterocycles. The third-order valence-electron chi connectivity index (χ3n) is 4.08. The maximum atomic E-state index is 12.8. The van der Waals surface area contributed by atoms with E-state index >= 15 is 0 Å². The van der Waals surface area contributed by atoms with Crippen LogP contribution in [0.2, 0.25) is 0 Å². The van der Waals surface area contributed by atoms with Crippen LogP contribution in [0.1, 0.15) is 40.0 Å². The second kappa shape index (κ2) is 11.6. The van der Waals surface area contributed by atoms with Crippen LogP contribution in [0.5, 0.6) is 5.75 Å².